The van der Waals surface area contributed by atoms with Crippen molar-refractivity contribution in [2.75, 3.05) is 7.11 Å². The number of aliphatic hydroxyl groups excluding tert-OH is 1. The molecule has 14 nitrogen and oxygen atoms in total. The summed E-state index contributed by atoms with van der Waals surface area (Å²) in [6.45, 7) is 11.6. The van der Waals surface area contributed by atoms with E-state index in [9.17, 15) is 33.9 Å². The average Bonchev–Trinajstić information content (AvgIpc) is 3.11. The van der Waals surface area contributed by atoms with E-state index >= 15 is 0 Å². The number of benzene rings is 2. The van der Waals surface area contributed by atoms with Crippen molar-refractivity contribution in [3.05, 3.63) is 71.8 Å². The number of alkyl carbamates (subject to hydrolysis) is 1. The van der Waals surface area contributed by atoms with Crippen LogP contribution in [0.25, 0.3) is 0 Å². The monoisotopic (exact) mass is 725 g/mol. The zero-order valence-corrected chi connectivity index (χ0v) is 31.3. The fourth-order valence-electron chi connectivity index (χ4n) is 5.20. The Morgan fingerprint density at radius 3 is 1.65 bits per heavy atom. The maximum atomic E-state index is 13.3. The van der Waals surface area contributed by atoms with Gasteiger partial charge in [0.05, 0.1) is 19.3 Å². The number of methoxy groups -OCH3 is 1. The third kappa shape index (κ3) is 14.3. The van der Waals surface area contributed by atoms with Gasteiger partial charge in [-0.2, -0.15) is 0 Å². The fraction of sp³-hybridized carbons (Fsp3) is 0.526. The van der Waals surface area contributed by atoms with Crippen LogP contribution in [0.2, 0.25) is 0 Å². The summed E-state index contributed by atoms with van der Waals surface area (Å²) in [6, 6.07) is 13.4. The van der Waals surface area contributed by atoms with Gasteiger partial charge in [-0.1, -0.05) is 95.3 Å². The number of nitrogens with one attached hydrogen (secondary N) is 5. The van der Waals surface area contributed by atoms with Gasteiger partial charge in [0.15, 0.2) is 0 Å². The van der Waals surface area contributed by atoms with Crippen molar-refractivity contribution >= 4 is 35.7 Å². The van der Waals surface area contributed by atoms with Crippen LogP contribution in [0.5, 0.6) is 0 Å². The van der Waals surface area contributed by atoms with Gasteiger partial charge >= 0.3 is 12.1 Å². The number of rotatable bonds is 19. The number of carbonyl (C=O) groups excluding carboxylic acids is 6. The maximum Gasteiger partial charge on any atom is 0.408 e. The Morgan fingerprint density at radius 2 is 1.12 bits per heavy atom. The summed E-state index contributed by atoms with van der Waals surface area (Å²) in [7, 11) is 1.23. The molecule has 0 fully saturated rings. The smallest absolute Gasteiger partial charge is 0.408 e. The van der Waals surface area contributed by atoms with Crippen LogP contribution < -0.4 is 26.6 Å². The molecule has 2 aromatic rings. The topological polar surface area (TPSA) is 201 Å². The average molecular weight is 726 g/mol. The zero-order chi connectivity index (χ0) is 39.0. The molecule has 0 aliphatic rings. The van der Waals surface area contributed by atoms with Gasteiger partial charge in [-0.3, -0.25) is 19.2 Å². The second-order valence-corrected chi connectivity index (χ2v) is 13.7. The quantitative estimate of drug-likeness (QED) is 0.118. The predicted octanol–water partition coefficient (Wildman–Crippen LogP) is 2.38. The van der Waals surface area contributed by atoms with Crippen molar-refractivity contribution in [3.63, 3.8) is 0 Å². The number of hydrogen-bond acceptors (Lipinski definition) is 9. The van der Waals surface area contributed by atoms with Gasteiger partial charge in [-0.15, -0.1) is 0 Å². The minimum atomic E-state index is -1.20. The molecule has 0 bridgehead atoms. The molecule has 0 saturated carbocycles. The van der Waals surface area contributed by atoms with E-state index in [0.717, 1.165) is 11.1 Å². The van der Waals surface area contributed by atoms with Gasteiger partial charge in [0.25, 0.3) is 0 Å². The number of esters is 1. The molecule has 286 valence electrons. The molecule has 2 rings (SSSR count). The van der Waals surface area contributed by atoms with Crippen molar-refractivity contribution < 1.29 is 43.3 Å². The Bertz CT molecular complexity index is 1470. The van der Waals surface area contributed by atoms with Gasteiger partial charge in [-0.25, -0.2) is 9.59 Å². The van der Waals surface area contributed by atoms with Crippen LogP contribution >= 0.6 is 0 Å². The Labute approximate surface area is 306 Å². The van der Waals surface area contributed by atoms with Crippen LogP contribution in [0.1, 0.15) is 66.0 Å². The third-order valence-electron chi connectivity index (χ3n) is 8.49. The lowest BCUT2D eigenvalue weighted by atomic mass is 9.92. The summed E-state index contributed by atoms with van der Waals surface area (Å²) >= 11 is 0. The predicted molar refractivity (Wildman–Crippen MR) is 194 cm³/mol. The minimum absolute atomic E-state index is 0.0225. The number of ether oxygens (including phenoxy) is 2. The summed E-state index contributed by atoms with van der Waals surface area (Å²) in [5, 5.41) is 24.6. The molecule has 0 aliphatic heterocycles. The van der Waals surface area contributed by atoms with Gasteiger partial charge in [0.1, 0.15) is 30.8 Å². The Morgan fingerprint density at radius 1 is 0.615 bits per heavy atom. The Balaban J connectivity index is 2.05. The van der Waals surface area contributed by atoms with Crippen molar-refractivity contribution in [1.29, 1.82) is 0 Å². The van der Waals surface area contributed by atoms with Crippen molar-refractivity contribution in [1.82, 2.24) is 26.6 Å². The van der Waals surface area contributed by atoms with Crippen molar-refractivity contribution in [2.45, 2.75) is 104 Å². The Hall–Kier alpha value is -4.98. The first-order valence-electron chi connectivity index (χ1n) is 17.5. The summed E-state index contributed by atoms with van der Waals surface area (Å²) in [5.74, 6) is -4.22. The highest BCUT2D eigenvalue weighted by atomic mass is 16.5. The minimum Gasteiger partial charge on any atom is -0.467 e. The third-order valence-corrected chi connectivity index (χ3v) is 8.49. The van der Waals surface area contributed by atoms with Crippen molar-refractivity contribution in [3.8, 4) is 0 Å². The van der Waals surface area contributed by atoms with Crippen LogP contribution in [0.15, 0.2) is 60.7 Å². The van der Waals surface area contributed by atoms with Gasteiger partial charge in [-0.05, 0) is 49.7 Å². The van der Waals surface area contributed by atoms with Crippen LogP contribution in [0, 0.1) is 17.8 Å². The lowest BCUT2D eigenvalue weighted by molar-refractivity contribution is -0.147. The van der Waals surface area contributed by atoms with E-state index in [4.69, 9.17) is 9.47 Å². The molecule has 0 heterocycles. The van der Waals surface area contributed by atoms with Gasteiger partial charge in [0.2, 0.25) is 23.6 Å². The molecule has 0 aromatic heterocycles. The van der Waals surface area contributed by atoms with Crippen LogP contribution in [-0.2, 0) is 46.5 Å². The highest BCUT2D eigenvalue weighted by Gasteiger charge is 2.33. The molecule has 2 aromatic carbocycles. The molecular weight excluding hydrogens is 670 g/mol. The molecule has 14 heteroatoms. The normalized spacial score (nSPS) is 15.1. The zero-order valence-electron chi connectivity index (χ0n) is 31.3. The first-order valence-corrected chi connectivity index (χ1v) is 17.5. The summed E-state index contributed by atoms with van der Waals surface area (Å²) in [6.07, 6.45) is -1.85. The summed E-state index contributed by atoms with van der Waals surface area (Å²) in [4.78, 5) is 77.0. The molecular formula is C38H55N5O9. The first-order chi connectivity index (χ1) is 24.5. The molecule has 5 amide bonds. The van der Waals surface area contributed by atoms with E-state index in [1.54, 1.807) is 46.8 Å². The molecule has 0 spiro atoms. The summed E-state index contributed by atoms with van der Waals surface area (Å²) in [5.41, 5.74) is 1.59. The van der Waals surface area contributed by atoms with Crippen LogP contribution in [-0.4, -0.2) is 84.2 Å². The molecule has 7 atom stereocenters. The van der Waals surface area contributed by atoms with E-state index in [1.165, 1.54) is 21.0 Å². The molecule has 0 saturated heterocycles. The standard InChI is InChI=1S/C38H55N5O9/c1-22(2)31(36(48)43-32(23(3)4)37(49)51-8)42-33(45)24(5)19-30(44)29(20-27-15-11-9-12-16-27)41-35(47)25(6)39-34(46)26(7)40-38(50)52-21-28-17-13-10-14-18-28/h9-18,22-26,29-32,44H,19-21H2,1-8H3,(H,39,46)(H,40,50)(H,41,47)(H,42,45)(H,43,48)/t24-,25+,26+,29+,30?,31+,32+/m1/s1. The van der Waals surface area contributed by atoms with Gasteiger partial charge in [0, 0.05) is 5.92 Å². The molecule has 1 unspecified atom stereocenters. The van der Waals surface area contributed by atoms with Crippen LogP contribution in [0.4, 0.5) is 4.79 Å². The van der Waals surface area contributed by atoms with E-state index in [2.05, 4.69) is 26.6 Å². The fourth-order valence-corrected chi connectivity index (χ4v) is 5.20. The van der Waals surface area contributed by atoms with E-state index < -0.39 is 77.9 Å². The number of hydrogen-bond donors (Lipinski definition) is 6. The summed E-state index contributed by atoms with van der Waals surface area (Å²) < 4.78 is 9.97. The lowest BCUT2D eigenvalue weighted by Crippen LogP contribution is -2.56. The molecule has 6 N–H and O–H groups in total. The molecule has 52 heavy (non-hydrogen) atoms. The second-order valence-electron chi connectivity index (χ2n) is 13.7. The SMILES string of the molecule is COC(=O)[C@@H](NC(=O)[C@@H](NC(=O)[C@H](C)CC(O)[C@H](Cc1ccccc1)NC(=O)[C@H](C)NC(=O)[C@H](C)NC(=O)OCc1ccccc1)C(C)C)C(C)C. The van der Waals surface area contributed by atoms with E-state index in [0.29, 0.717) is 0 Å². The maximum absolute atomic E-state index is 13.3. The second kappa shape index (κ2) is 21.4. The number of amides is 5. The highest BCUT2D eigenvalue weighted by molar-refractivity contribution is 5.92. The number of aliphatic hydroxyl groups is 1. The first kappa shape index (κ1) is 43.2. The van der Waals surface area contributed by atoms with Gasteiger partial charge < -0.3 is 41.2 Å². The number of carbonyl (C=O) groups is 6. The van der Waals surface area contributed by atoms with Crippen molar-refractivity contribution in [2.24, 2.45) is 17.8 Å². The van der Waals surface area contributed by atoms with E-state index in [1.807, 2.05) is 48.5 Å². The van der Waals surface area contributed by atoms with E-state index in [-0.39, 0.29) is 31.3 Å². The Kier molecular flexibility index (Phi) is 17.8. The lowest BCUT2D eigenvalue weighted by Gasteiger charge is -2.29. The molecule has 0 aliphatic carbocycles. The highest BCUT2D eigenvalue weighted by Crippen LogP contribution is 2.16. The largest absolute Gasteiger partial charge is 0.467 e. The molecule has 0 radical (unpaired) electrons. The van der Waals surface area contributed by atoms with Crippen LogP contribution in [0.3, 0.4) is 0 Å².